The largest absolute Gasteiger partial charge is 0.326 e. The van der Waals surface area contributed by atoms with E-state index < -0.39 is 18.0 Å². The number of carbonyl (C=O) groups excluding carboxylic acids is 3. The van der Waals surface area contributed by atoms with E-state index in [0.717, 1.165) is 5.56 Å². The summed E-state index contributed by atoms with van der Waals surface area (Å²) in [4.78, 5) is 34.4. The Bertz CT molecular complexity index is 571. The molecule has 0 aromatic heterocycles. The lowest BCUT2D eigenvalue weighted by molar-refractivity contribution is -0.134. The number of nitrogens with two attached hydrogens (primary N) is 1. The molecule has 5 N–H and O–H groups in total. The fourth-order valence-electron chi connectivity index (χ4n) is 2.06. The van der Waals surface area contributed by atoms with Gasteiger partial charge in [0.15, 0.2) is 0 Å². The van der Waals surface area contributed by atoms with Crippen LogP contribution in [0.4, 0.5) is 10.5 Å². The molecule has 1 saturated heterocycles. The Morgan fingerprint density at radius 2 is 2.19 bits per heavy atom. The highest BCUT2D eigenvalue weighted by molar-refractivity contribution is 6.02. The normalized spacial score (nSPS) is 19.6. The Morgan fingerprint density at radius 1 is 1.43 bits per heavy atom. The van der Waals surface area contributed by atoms with E-state index in [4.69, 9.17) is 5.73 Å². The van der Waals surface area contributed by atoms with Gasteiger partial charge in [0.25, 0.3) is 0 Å². The number of anilines is 1. The minimum Gasteiger partial charge on any atom is -0.326 e. The third-order valence-corrected chi connectivity index (χ3v) is 3.21. The molecule has 1 heterocycles. The van der Waals surface area contributed by atoms with Crippen LogP contribution < -0.4 is 21.7 Å². The van der Waals surface area contributed by atoms with Crippen molar-refractivity contribution in [3.8, 4) is 0 Å². The van der Waals surface area contributed by atoms with Gasteiger partial charge < -0.3 is 16.4 Å². The van der Waals surface area contributed by atoms with Crippen molar-refractivity contribution < 1.29 is 14.4 Å². The molecule has 2 atom stereocenters. The van der Waals surface area contributed by atoms with Gasteiger partial charge in [0.2, 0.25) is 11.8 Å². The predicted molar refractivity (Wildman–Crippen MR) is 77.4 cm³/mol. The Kier molecular flexibility index (Phi) is 4.54. The summed E-state index contributed by atoms with van der Waals surface area (Å²) < 4.78 is 0. The summed E-state index contributed by atoms with van der Waals surface area (Å²) in [6, 6.07) is 5.84. The Balaban J connectivity index is 1.94. The summed E-state index contributed by atoms with van der Waals surface area (Å²) in [7, 11) is 0. The van der Waals surface area contributed by atoms with Crippen molar-refractivity contribution in [2.45, 2.75) is 31.8 Å². The van der Waals surface area contributed by atoms with Crippen LogP contribution in [0.3, 0.4) is 0 Å². The van der Waals surface area contributed by atoms with Crippen molar-refractivity contribution in [2.24, 2.45) is 5.73 Å². The number of nitrogens with one attached hydrogen (secondary N) is 3. The second-order valence-electron chi connectivity index (χ2n) is 5.02. The van der Waals surface area contributed by atoms with Gasteiger partial charge in [-0.15, -0.1) is 0 Å². The van der Waals surface area contributed by atoms with Gasteiger partial charge in [0, 0.05) is 18.2 Å². The number of amides is 4. The molecule has 7 nitrogen and oxygen atoms in total. The third kappa shape index (κ3) is 4.03. The SMILES string of the molecule is CC(N)c1cccc(NC(=O)NC2CCC(=O)NC2=O)c1. The van der Waals surface area contributed by atoms with E-state index in [1.807, 2.05) is 13.0 Å². The lowest BCUT2D eigenvalue weighted by Gasteiger charge is -2.22. The number of imide groups is 1. The molecule has 1 fully saturated rings. The van der Waals surface area contributed by atoms with Crippen LogP contribution >= 0.6 is 0 Å². The van der Waals surface area contributed by atoms with E-state index in [2.05, 4.69) is 16.0 Å². The van der Waals surface area contributed by atoms with Gasteiger partial charge in [0.1, 0.15) is 6.04 Å². The van der Waals surface area contributed by atoms with Crippen molar-refractivity contribution >= 4 is 23.5 Å². The van der Waals surface area contributed by atoms with Gasteiger partial charge in [-0.1, -0.05) is 12.1 Å². The zero-order valence-corrected chi connectivity index (χ0v) is 11.7. The molecule has 21 heavy (non-hydrogen) atoms. The van der Waals surface area contributed by atoms with Gasteiger partial charge in [-0.3, -0.25) is 14.9 Å². The molecular formula is C14H18N4O3. The van der Waals surface area contributed by atoms with E-state index in [9.17, 15) is 14.4 Å². The summed E-state index contributed by atoms with van der Waals surface area (Å²) in [5.41, 5.74) is 7.27. The summed E-state index contributed by atoms with van der Waals surface area (Å²) in [6.45, 7) is 1.85. The average molecular weight is 290 g/mol. The van der Waals surface area contributed by atoms with Crippen LogP contribution in [0.15, 0.2) is 24.3 Å². The highest BCUT2D eigenvalue weighted by Gasteiger charge is 2.27. The van der Waals surface area contributed by atoms with E-state index in [-0.39, 0.29) is 18.4 Å². The van der Waals surface area contributed by atoms with Crippen molar-refractivity contribution in [2.75, 3.05) is 5.32 Å². The maximum atomic E-state index is 11.9. The Morgan fingerprint density at radius 3 is 2.86 bits per heavy atom. The third-order valence-electron chi connectivity index (χ3n) is 3.21. The fourth-order valence-corrected chi connectivity index (χ4v) is 2.06. The van der Waals surface area contributed by atoms with Crippen LogP contribution in [0, 0.1) is 0 Å². The van der Waals surface area contributed by atoms with Crippen LogP contribution in [0.5, 0.6) is 0 Å². The number of urea groups is 1. The number of hydrogen-bond donors (Lipinski definition) is 4. The maximum absolute atomic E-state index is 11.9. The minimum atomic E-state index is -0.695. The molecule has 1 aliphatic heterocycles. The molecule has 1 aromatic carbocycles. The quantitative estimate of drug-likeness (QED) is 0.611. The van der Waals surface area contributed by atoms with Crippen molar-refractivity contribution in [1.29, 1.82) is 0 Å². The van der Waals surface area contributed by atoms with Crippen LogP contribution in [0.1, 0.15) is 31.4 Å². The lowest BCUT2D eigenvalue weighted by atomic mass is 10.1. The van der Waals surface area contributed by atoms with Crippen LogP contribution in [0.2, 0.25) is 0 Å². The Labute approximate surface area is 122 Å². The molecule has 2 unspecified atom stereocenters. The van der Waals surface area contributed by atoms with Crippen LogP contribution in [0.25, 0.3) is 0 Å². The van der Waals surface area contributed by atoms with Crippen molar-refractivity contribution in [3.05, 3.63) is 29.8 Å². The lowest BCUT2D eigenvalue weighted by Crippen LogP contribution is -2.53. The number of rotatable bonds is 3. The van der Waals surface area contributed by atoms with Crippen LogP contribution in [-0.2, 0) is 9.59 Å². The first-order chi connectivity index (χ1) is 9.95. The first-order valence-electron chi connectivity index (χ1n) is 6.72. The monoisotopic (exact) mass is 290 g/mol. The smallest absolute Gasteiger partial charge is 0.319 e. The molecule has 2 rings (SSSR count). The standard InChI is InChI=1S/C14H18N4O3/c1-8(15)9-3-2-4-10(7-9)16-14(21)17-11-5-6-12(19)18-13(11)20/h2-4,7-8,11H,5-6,15H2,1H3,(H2,16,17,21)(H,18,19,20). The number of hydrogen-bond acceptors (Lipinski definition) is 4. The number of piperidine rings is 1. The van der Waals surface area contributed by atoms with E-state index in [0.29, 0.717) is 12.1 Å². The maximum Gasteiger partial charge on any atom is 0.319 e. The summed E-state index contributed by atoms with van der Waals surface area (Å²) in [5, 5.41) is 7.37. The average Bonchev–Trinajstić information content (AvgIpc) is 2.42. The molecule has 0 saturated carbocycles. The molecule has 0 spiro atoms. The second-order valence-corrected chi connectivity index (χ2v) is 5.02. The van der Waals surface area contributed by atoms with Crippen molar-refractivity contribution in [1.82, 2.24) is 10.6 Å². The minimum absolute atomic E-state index is 0.134. The van der Waals surface area contributed by atoms with E-state index in [1.165, 1.54) is 0 Å². The van der Waals surface area contributed by atoms with E-state index >= 15 is 0 Å². The molecule has 4 amide bonds. The topological polar surface area (TPSA) is 113 Å². The first-order valence-corrected chi connectivity index (χ1v) is 6.72. The van der Waals surface area contributed by atoms with Gasteiger partial charge in [-0.05, 0) is 31.0 Å². The highest BCUT2D eigenvalue weighted by Crippen LogP contribution is 2.15. The zero-order chi connectivity index (χ0) is 15.4. The fraction of sp³-hybridized carbons (Fsp3) is 0.357. The molecular weight excluding hydrogens is 272 g/mol. The molecule has 0 radical (unpaired) electrons. The van der Waals surface area contributed by atoms with Crippen molar-refractivity contribution in [3.63, 3.8) is 0 Å². The predicted octanol–water partition coefficient (Wildman–Crippen LogP) is 0.633. The molecule has 0 bridgehead atoms. The first kappa shape index (κ1) is 15.0. The molecule has 7 heteroatoms. The van der Waals surface area contributed by atoms with E-state index in [1.54, 1.807) is 18.2 Å². The zero-order valence-electron chi connectivity index (χ0n) is 11.7. The molecule has 1 aliphatic rings. The second kappa shape index (κ2) is 6.36. The molecule has 0 aliphatic carbocycles. The summed E-state index contributed by atoms with van der Waals surface area (Å²) in [5.74, 6) is -0.797. The van der Waals surface area contributed by atoms with Gasteiger partial charge >= 0.3 is 6.03 Å². The summed E-state index contributed by atoms with van der Waals surface area (Å²) >= 11 is 0. The number of carbonyl (C=O) groups is 3. The van der Waals surface area contributed by atoms with Gasteiger partial charge in [-0.25, -0.2) is 4.79 Å². The van der Waals surface area contributed by atoms with Crippen LogP contribution in [-0.4, -0.2) is 23.9 Å². The Hall–Kier alpha value is -2.41. The van der Waals surface area contributed by atoms with Gasteiger partial charge in [0.05, 0.1) is 0 Å². The molecule has 1 aromatic rings. The van der Waals surface area contributed by atoms with Gasteiger partial charge in [-0.2, -0.15) is 0 Å². The highest BCUT2D eigenvalue weighted by atomic mass is 16.2. The summed E-state index contributed by atoms with van der Waals surface area (Å²) in [6.07, 6.45) is 0.523. The molecule has 112 valence electrons. The number of benzene rings is 1.